The van der Waals surface area contributed by atoms with Gasteiger partial charge in [0.25, 0.3) is 0 Å². The second-order valence-corrected chi connectivity index (χ2v) is 9.65. The molecule has 0 aliphatic heterocycles. The second kappa shape index (κ2) is 13.1. The predicted molar refractivity (Wildman–Crippen MR) is 140 cm³/mol. The van der Waals surface area contributed by atoms with Crippen LogP contribution in [0.4, 0.5) is 4.39 Å². The highest BCUT2D eigenvalue weighted by molar-refractivity contribution is 7.16. The van der Waals surface area contributed by atoms with E-state index in [1.54, 1.807) is 19.1 Å². The Hall–Kier alpha value is -3.06. The number of benzene rings is 1. The zero-order valence-corrected chi connectivity index (χ0v) is 21.2. The highest BCUT2D eigenvalue weighted by Gasteiger charge is 2.11. The van der Waals surface area contributed by atoms with Crippen LogP contribution in [-0.4, -0.2) is 24.2 Å². The Kier molecular flexibility index (Phi) is 9.97. The molecule has 1 aromatic carbocycles. The van der Waals surface area contributed by atoms with Crippen LogP contribution in [0.3, 0.4) is 0 Å². The van der Waals surface area contributed by atoms with Gasteiger partial charge in [-0.05, 0) is 62.1 Å². The van der Waals surface area contributed by atoms with Crippen molar-refractivity contribution in [3.05, 3.63) is 69.5 Å². The standard InChI is InChI=1S/C28H32FNO4S/c1-19(2)27(31)34-16-10-8-6-4-5-7-9-15-33-25-14-12-21-17-24(28(32)35-26(21)30-25)23-18-22(29)13-11-20(23)3/h11-14,17-18H,1,4-10,15-16H2,2-3H3. The first kappa shape index (κ1) is 26.5. The van der Waals surface area contributed by atoms with Gasteiger partial charge in [-0.25, -0.2) is 14.2 Å². The van der Waals surface area contributed by atoms with Crippen molar-refractivity contribution < 1.29 is 18.7 Å². The SMILES string of the molecule is C=C(C)C(=O)OCCCCCCCCCOc1ccc2cc(-c3cc(F)ccc3C)c(=O)sc2n1. The van der Waals surface area contributed by atoms with Gasteiger partial charge < -0.3 is 9.47 Å². The molecule has 2 aromatic heterocycles. The number of nitrogens with zero attached hydrogens (tertiary/aromatic N) is 1. The Bertz CT molecular complexity index is 1240. The Balaban J connectivity index is 1.40. The molecule has 5 nitrogen and oxygen atoms in total. The van der Waals surface area contributed by atoms with Crippen LogP contribution in [-0.2, 0) is 9.53 Å². The molecule has 2 heterocycles. The van der Waals surface area contributed by atoms with Crippen LogP contribution in [0, 0.1) is 12.7 Å². The molecule has 0 N–H and O–H groups in total. The van der Waals surface area contributed by atoms with E-state index in [-0.39, 0.29) is 16.5 Å². The lowest BCUT2D eigenvalue weighted by molar-refractivity contribution is -0.139. The molecule has 0 radical (unpaired) electrons. The molecule has 0 aliphatic carbocycles. The topological polar surface area (TPSA) is 65.5 Å². The third-order valence-electron chi connectivity index (χ3n) is 5.68. The van der Waals surface area contributed by atoms with Crippen molar-refractivity contribution in [2.75, 3.05) is 13.2 Å². The fraction of sp³-hybridized carbons (Fsp3) is 0.393. The molecule has 3 aromatic rings. The zero-order valence-electron chi connectivity index (χ0n) is 20.4. The Morgan fingerprint density at radius 1 is 0.971 bits per heavy atom. The summed E-state index contributed by atoms with van der Waals surface area (Å²) in [6, 6.07) is 9.95. The van der Waals surface area contributed by atoms with Gasteiger partial charge in [-0.2, -0.15) is 0 Å². The van der Waals surface area contributed by atoms with Gasteiger partial charge in [0.15, 0.2) is 0 Å². The highest BCUT2D eigenvalue weighted by Crippen LogP contribution is 2.27. The molecule has 186 valence electrons. The molecule has 35 heavy (non-hydrogen) atoms. The number of unbranched alkanes of at least 4 members (excludes halogenated alkanes) is 6. The summed E-state index contributed by atoms with van der Waals surface area (Å²) in [5, 5.41) is 0.829. The normalized spacial score (nSPS) is 10.9. The summed E-state index contributed by atoms with van der Waals surface area (Å²) in [5.41, 5.74) is 2.39. The van der Waals surface area contributed by atoms with Crippen molar-refractivity contribution in [1.29, 1.82) is 0 Å². The van der Waals surface area contributed by atoms with Crippen LogP contribution >= 0.6 is 11.3 Å². The maximum atomic E-state index is 13.7. The van der Waals surface area contributed by atoms with Crippen LogP contribution in [0.1, 0.15) is 57.4 Å². The smallest absolute Gasteiger partial charge is 0.333 e. The maximum absolute atomic E-state index is 13.7. The van der Waals surface area contributed by atoms with E-state index >= 15 is 0 Å². The summed E-state index contributed by atoms with van der Waals surface area (Å²) in [7, 11) is 0. The maximum Gasteiger partial charge on any atom is 0.333 e. The van der Waals surface area contributed by atoms with Crippen molar-refractivity contribution in [1.82, 2.24) is 4.98 Å². The highest BCUT2D eigenvalue weighted by atomic mass is 32.1. The third kappa shape index (κ3) is 7.99. The third-order valence-corrected chi connectivity index (χ3v) is 6.61. The number of carbonyl (C=O) groups excluding carboxylic acids is 1. The van der Waals surface area contributed by atoms with E-state index in [1.165, 1.54) is 12.1 Å². The fourth-order valence-corrected chi connectivity index (χ4v) is 4.52. The molecule has 0 fully saturated rings. The fourth-order valence-electron chi connectivity index (χ4n) is 3.69. The van der Waals surface area contributed by atoms with Crippen molar-refractivity contribution in [2.24, 2.45) is 0 Å². The van der Waals surface area contributed by atoms with Gasteiger partial charge in [0.1, 0.15) is 10.6 Å². The molecule has 0 saturated carbocycles. The number of esters is 1. The largest absolute Gasteiger partial charge is 0.478 e. The van der Waals surface area contributed by atoms with E-state index in [4.69, 9.17) is 9.47 Å². The van der Waals surface area contributed by atoms with E-state index in [9.17, 15) is 14.0 Å². The molecule has 0 aliphatic rings. The number of aromatic nitrogens is 1. The number of ether oxygens (including phenoxy) is 2. The van der Waals surface area contributed by atoms with Gasteiger partial charge in [0, 0.05) is 22.6 Å². The van der Waals surface area contributed by atoms with Gasteiger partial charge in [-0.1, -0.05) is 56.1 Å². The van der Waals surface area contributed by atoms with Gasteiger partial charge in [-0.3, -0.25) is 4.79 Å². The minimum atomic E-state index is -0.362. The second-order valence-electron chi connectivity index (χ2n) is 8.69. The first-order chi connectivity index (χ1) is 16.8. The predicted octanol–water partition coefficient (Wildman–Crippen LogP) is 7.00. The molecule has 0 amide bonds. The minimum absolute atomic E-state index is 0.148. The van der Waals surface area contributed by atoms with E-state index in [1.807, 2.05) is 19.1 Å². The number of pyridine rings is 1. The van der Waals surface area contributed by atoms with E-state index in [0.29, 0.717) is 40.6 Å². The van der Waals surface area contributed by atoms with Crippen molar-refractivity contribution in [3.8, 4) is 17.0 Å². The lowest BCUT2D eigenvalue weighted by Crippen LogP contribution is -2.06. The van der Waals surface area contributed by atoms with Gasteiger partial charge >= 0.3 is 5.97 Å². The zero-order chi connectivity index (χ0) is 25.2. The van der Waals surface area contributed by atoms with Crippen LogP contribution in [0.5, 0.6) is 5.88 Å². The number of aryl methyl sites for hydroxylation is 1. The number of fused-ring (bicyclic) bond motifs is 1. The summed E-state index contributed by atoms with van der Waals surface area (Å²) < 4.78 is 24.4. The number of halogens is 1. The molecular weight excluding hydrogens is 465 g/mol. The van der Waals surface area contributed by atoms with Crippen LogP contribution in [0.2, 0.25) is 0 Å². The van der Waals surface area contributed by atoms with Gasteiger partial charge in [0.05, 0.1) is 13.2 Å². The van der Waals surface area contributed by atoms with Gasteiger partial charge in [-0.15, -0.1) is 0 Å². The molecule has 0 unspecified atom stereocenters. The molecule has 0 bridgehead atoms. The average Bonchev–Trinajstić information content (AvgIpc) is 2.83. The van der Waals surface area contributed by atoms with E-state index in [2.05, 4.69) is 11.6 Å². The molecule has 0 saturated heterocycles. The van der Waals surface area contributed by atoms with Gasteiger partial charge in [0.2, 0.25) is 10.6 Å². The van der Waals surface area contributed by atoms with Crippen molar-refractivity contribution >= 4 is 27.5 Å². The number of carbonyl (C=O) groups is 1. The van der Waals surface area contributed by atoms with Crippen molar-refractivity contribution in [2.45, 2.75) is 58.8 Å². The van der Waals surface area contributed by atoms with Crippen LogP contribution in [0.25, 0.3) is 21.3 Å². The first-order valence-electron chi connectivity index (χ1n) is 12.0. The lowest BCUT2D eigenvalue weighted by Gasteiger charge is -2.08. The average molecular weight is 498 g/mol. The van der Waals surface area contributed by atoms with E-state index in [0.717, 1.165) is 67.2 Å². The Morgan fingerprint density at radius 3 is 2.37 bits per heavy atom. The monoisotopic (exact) mass is 497 g/mol. The van der Waals surface area contributed by atoms with E-state index < -0.39 is 0 Å². The summed E-state index contributed by atoms with van der Waals surface area (Å²) in [4.78, 5) is 29.1. The van der Waals surface area contributed by atoms with Crippen LogP contribution < -0.4 is 9.48 Å². The lowest BCUT2D eigenvalue weighted by atomic mass is 10.0. The first-order valence-corrected chi connectivity index (χ1v) is 12.8. The summed E-state index contributed by atoms with van der Waals surface area (Å²) >= 11 is 1.05. The number of rotatable bonds is 13. The molecular formula is C28H32FNO4S. The molecule has 3 rings (SSSR count). The molecule has 7 heteroatoms. The summed E-state index contributed by atoms with van der Waals surface area (Å²) in [5.74, 6) is -0.172. The molecule has 0 atom stereocenters. The summed E-state index contributed by atoms with van der Waals surface area (Å²) in [6.07, 6.45) is 7.32. The minimum Gasteiger partial charge on any atom is -0.478 e. The quantitative estimate of drug-likeness (QED) is 0.144. The Morgan fingerprint density at radius 2 is 1.66 bits per heavy atom. The van der Waals surface area contributed by atoms with Crippen molar-refractivity contribution in [3.63, 3.8) is 0 Å². The Labute approximate surface area is 209 Å². The molecule has 0 spiro atoms. The summed E-state index contributed by atoms with van der Waals surface area (Å²) in [6.45, 7) is 8.11. The van der Waals surface area contributed by atoms with Crippen LogP contribution in [0.15, 0.2) is 53.3 Å². The number of hydrogen-bond donors (Lipinski definition) is 0. The number of hydrogen-bond acceptors (Lipinski definition) is 6.